The second-order valence-electron chi connectivity index (χ2n) is 5.58. The maximum atomic E-state index is 12.6. The van der Waals surface area contributed by atoms with Crippen LogP contribution < -0.4 is 9.64 Å². The van der Waals surface area contributed by atoms with Crippen LogP contribution in [0.25, 0.3) is 0 Å². The Morgan fingerprint density at radius 1 is 1.18 bits per heavy atom. The minimum atomic E-state index is -0.470. The number of hydrogen-bond donors (Lipinski definition) is 1. The third kappa shape index (κ3) is 2.64. The molecule has 1 atom stereocenters. The van der Waals surface area contributed by atoms with E-state index in [0.717, 1.165) is 5.56 Å². The van der Waals surface area contributed by atoms with Crippen molar-refractivity contribution in [3.8, 4) is 11.5 Å². The fourth-order valence-corrected chi connectivity index (χ4v) is 2.61. The van der Waals surface area contributed by atoms with E-state index in [0.29, 0.717) is 24.4 Å². The smallest absolute Gasteiger partial charge is 0.268 e. The van der Waals surface area contributed by atoms with Gasteiger partial charge in [0.2, 0.25) is 0 Å². The zero-order chi connectivity index (χ0) is 15.7. The summed E-state index contributed by atoms with van der Waals surface area (Å²) < 4.78 is 5.73. The van der Waals surface area contributed by atoms with Gasteiger partial charge in [0, 0.05) is 6.07 Å². The molecule has 1 aliphatic rings. The lowest BCUT2D eigenvalue weighted by Gasteiger charge is -2.34. The molecule has 4 nitrogen and oxygen atoms in total. The molecule has 0 spiro atoms. The summed E-state index contributed by atoms with van der Waals surface area (Å²) in [4.78, 5) is 14.3. The summed E-state index contributed by atoms with van der Waals surface area (Å²) in [6.07, 6.45) is 0.145. The van der Waals surface area contributed by atoms with Crippen molar-refractivity contribution >= 4 is 11.6 Å². The Bertz CT molecular complexity index is 694. The van der Waals surface area contributed by atoms with Gasteiger partial charge in [0.15, 0.2) is 6.10 Å². The SMILES string of the molecule is CCC1Oc2ccc(O)cc2N(Cc2ccc(C)cc2)C1=O. The van der Waals surface area contributed by atoms with E-state index in [1.54, 1.807) is 23.1 Å². The van der Waals surface area contributed by atoms with Crippen LogP contribution in [0.3, 0.4) is 0 Å². The Morgan fingerprint density at radius 2 is 1.91 bits per heavy atom. The lowest BCUT2D eigenvalue weighted by atomic mass is 10.1. The molecule has 1 N–H and O–H groups in total. The van der Waals surface area contributed by atoms with Crippen molar-refractivity contribution in [3.05, 3.63) is 53.6 Å². The van der Waals surface area contributed by atoms with Gasteiger partial charge in [-0.3, -0.25) is 4.79 Å². The Morgan fingerprint density at radius 3 is 2.59 bits per heavy atom. The highest BCUT2D eigenvalue weighted by atomic mass is 16.5. The van der Waals surface area contributed by atoms with Gasteiger partial charge in [0.05, 0.1) is 12.2 Å². The molecule has 0 bridgehead atoms. The first-order valence-corrected chi connectivity index (χ1v) is 7.45. The van der Waals surface area contributed by atoms with Gasteiger partial charge in [-0.05, 0) is 31.0 Å². The van der Waals surface area contributed by atoms with Crippen molar-refractivity contribution in [2.45, 2.75) is 32.9 Å². The summed E-state index contributed by atoms with van der Waals surface area (Å²) in [6.45, 7) is 4.43. The zero-order valence-corrected chi connectivity index (χ0v) is 12.7. The summed E-state index contributed by atoms with van der Waals surface area (Å²) in [5, 5.41) is 9.72. The predicted octanol–water partition coefficient (Wildman–Crippen LogP) is 3.40. The first-order valence-electron chi connectivity index (χ1n) is 7.45. The second kappa shape index (κ2) is 5.72. The first-order chi connectivity index (χ1) is 10.6. The molecular formula is C18H19NO3. The number of hydrogen-bond acceptors (Lipinski definition) is 3. The van der Waals surface area contributed by atoms with Crippen molar-refractivity contribution in [2.24, 2.45) is 0 Å². The largest absolute Gasteiger partial charge is 0.508 e. The van der Waals surface area contributed by atoms with Crippen LogP contribution >= 0.6 is 0 Å². The predicted molar refractivity (Wildman–Crippen MR) is 85.2 cm³/mol. The van der Waals surface area contributed by atoms with Gasteiger partial charge >= 0.3 is 0 Å². The molecule has 22 heavy (non-hydrogen) atoms. The fourth-order valence-electron chi connectivity index (χ4n) is 2.61. The van der Waals surface area contributed by atoms with Crippen molar-refractivity contribution in [1.82, 2.24) is 0 Å². The van der Waals surface area contributed by atoms with Crippen LogP contribution in [0.4, 0.5) is 5.69 Å². The van der Waals surface area contributed by atoms with Gasteiger partial charge in [0.1, 0.15) is 11.5 Å². The maximum Gasteiger partial charge on any atom is 0.268 e. The summed E-state index contributed by atoms with van der Waals surface area (Å²) >= 11 is 0. The van der Waals surface area contributed by atoms with Gasteiger partial charge in [-0.15, -0.1) is 0 Å². The summed E-state index contributed by atoms with van der Waals surface area (Å²) in [5.41, 5.74) is 2.85. The molecule has 1 aliphatic heterocycles. The highest BCUT2D eigenvalue weighted by Crippen LogP contribution is 2.38. The molecule has 2 aromatic carbocycles. The molecule has 0 saturated carbocycles. The summed E-state index contributed by atoms with van der Waals surface area (Å²) in [6, 6.07) is 12.9. The number of rotatable bonds is 3. The van der Waals surface area contributed by atoms with Crippen molar-refractivity contribution in [2.75, 3.05) is 4.90 Å². The number of nitrogens with zero attached hydrogens (tertiary/aromatic N) is 1. The fraction of sp³-hybridized carbons (Fsp3) is 0.278. The van der Waals surface area contributed by atoms with Gasteiger partial charge in [-0.25, -0.2) is 0 Å². The number of anilines is 1. The van der Waals surface area contributed by atoms with E-state index >= 15 is 0 Å². The number of aromatic hydroxyl groups is 1. The summed E-state index contributed by atoms with van der Waals surface area (Å²) in [7, 11) is 0. The molecule has 1 amide bonds. The number of carbonyl (C=O) groups is 1. The minimum absolute atomic E-state index is 0.0684. The molecular weight excluding hydrogens is 278 g/mol. The molecule has 0 aromatic heterocycles. The highest BCUT2D eigenvalue weighted by molar-refractivity contribution is 6.00. The van der Waals surface area contributed by atoms with E-state index in [9.17, 15) is 9.90 Å². The normalized spacial score (nSPS) is 17.1. The molecule has 3 rings (SSSR count). The van der Waals surface area contributed by atoms with Crippen molar-refractivity contribution in [3.63, 3.8) is 0 Å². The molecule has 0 fully saturated rings. The molecule has 1 heterocycles. The topological polar surface area (TPSA) is 49.8 Å². The summed E-state index contributed by atoms with van der Waals surface area (Å²) in [5.74, 6) is 0.691. The van der Waals surface area contributed by atoms with E-state index in [-0.39, 0.29) is 11.7 Å². The van der Waals surface area contributed by atoms with Gasteiger partial charge in [-0.1, -0.05) is 36.8 Å². The molecule has 0 aliphatic carbocycles. The number of phenolic OH excluding ortho intramolecular Hbond substituents is 1. The van der Waals surface area contributed by atoms with Crippen LogP contribution in [0.5, 0.6) is 11.5 Å². The number of benzene rings is 2. The van der Waals surface area contributed by atoms with Crippen LogP contribution in [0.15, 0.2) is 42.5 Å². The van der Waals surface area contributed by atoms with Crippen LogP contribution in [-0.2, 0) is 11.3 Å². The third-order valence-corrected chi connectivity index (χ3v) is 3.88. The Hall–Kier alpha value is -2.49. The van der Waals surface area contributed by atoms with Gasteiger partial charge in [-0.2, -0.15) is 0 Å². The molecule has 2 aromatic rings. The number of amides is 1. The molecule has 1 unspecified atom stereocenters. The number of aryl methyl sites for hydroxylation is 1. The lowest BCUT2D eigenvalue weighted by Crippen LogP contribution is -2.45. The molecule has 4 heteroatoms. The van der Waals surface area contributed by atoms with E-state index in [1.165, 1.54) is 5.56 Å². The monoisotopic (exact) mass is 297 g/mol. The minimum Gasteiger partial charge on any atom is -0.508 e. The number of carbonyl (C=O) groups excluding carboxylic acids is 1. The van der Waals surface area contributed by atoms with Crippen LogP contribution in [0.1, 0.15) is 24.5 Å². The Kier molecular flexibility index (Phi) is 3.75. The quantitative estimate of drug-likeness (QED) is 0.944. The third-order valence-electron chi connectivity index (χ3n) is 3.88. The van der Waals surface area contributed by atoms with Crippen LogP contribution in [0, 0.1) is 6.92 Å². The van der Waals surface area contributed by atoms with Crippen molar-refractivity contribution < 1.29 is 14.6 Å². The van der Waals surface area contributed by atoms with Gasteiger partial charge < -0.3 is 14.7 Å². The average Bonchev–Trinajstić information content (AvgIpc) is 2.52. The number of phenols is 1. The highest BCUT2D eigenvalue weighted by Gasteiger charge is 2.33. The molecule has 114 valence electrons. The van der Waals surface area contributed by atoms with E-state index in [2.05, 4.69) is 0 Å². The molecule has 0 saturated heterocycles. The lowest BCUT2D eigenvalue weighted by molar-refractivity contribution is -0.126. The standard InChI is InChI=1S/C18H19NO3/c1-3-16-18(21)19(11-13-6-4-12(2)5-7-13)15-10-14(20)8-9-17(15)22-16/h4-10,16,20H,3,11H2,1-2H3. The van der Waals surface area contributed by atoms with E-state index in [1.807, 2.05) is 38.1 Å². The Balaban J connectivity index is 1.98. The van der Waals surface area contributed by atoms with Crippen LogP contribution in [0.2, 0.25) is 0 Å². The van der Waals surface area contributed by atoms with E-state index < -0.39 is 6.10 Å². The first kappa shape index (κ1) is 14.4. The average molecular weight is 297 g/mol. The Labute approximate surface area is 130 Å². The number of ether oxygens (including phenoxy) is 1. The second-order valence-corrected chi connectivity index (χ2v) is 5.58. The zero-order valence-electron chi connectivity index (χ0n) is 12.7. The number of fused-ring (bicyclic) bond motifs is 1. The van der Waals surface area contributed by atoms with Crippen molar-refractivity contribution in [1.29, 1.82) is 0 Å². The van der Waals surface area contributed by atoms with E-state index in [4.69, 9.17) is 4.74 Å². The van der Waals surface area contributed by atoms with Crippen LogP contribution in [-0.4, -0.2) is 17.1 Å². The van der Waals surface area contributed by atoms with Gasteiger partial charge in [0.25, 0.3) is 5.91 Å². The molecule has 0 radical (unpaired) electrons. The maximum absolute atomic E-state index is 12.6.